The summed E-state index contributed by atoms with van der Waals surface area (Å²) in [5.74, 6) is -1.10. The topological polar surface area (TPSA) is 104 Å². The van der Waals surface area contributed by atoms with Crippen molar-refractivity contribution in [3.8, 4) is 0 Å². The Labute approximate surface area is 112 Å². The first-order valence-electron chi connectivity index (χ1n) is 6.09. The Bertz CT molecular complexity index is 486. The second-order valence-corrected chi connectivity index (χ2v) is 4.19. The lowest BCUT2D eigenvalue weighted by atomic mass is 10.1. The molecule has 0 aliphatic heterocycles. The number of aryl methyl sites for hydroxylation is 1. The molecule has 0 spiro atoms. The largest absolute Gasteiger partial charge is 0.478 e. The summed E-state index contributed by atoms with van der Waals surface area (Å²) in [5, 5.41) is 14.7. The van der Waals surface area contributed by atoms with Crippen molar-refractivity contribution in [2.24, 2.45) is 0 Å². The number of carboxylic acid groups (broad SMARTS) is 1. The molecular formula is C13H19N3O3. The molecule has 0 fully saturated rings. The van der Waals surface area contributed by atoms with Crippen LogP contribution < -0.4 is 16.4 Å². The maximum atomic E-state index is 11.3. The van der Waals surface area contributed by atoms with Gasteiger partial charge in [-0.3, -0.25) is 4.79 Å². The van der Waals surface area contributed by atoms with Crippen LogP contribution in [0.2, 0.25) is 0 Å². The highest BCUT2D eigenvalue weighted by Crippen LogP contribution is 2.22. The summed E-state index contributed by atoms with van der Waals surface area (Å²) in [6.45, 7) is 4.64. The molecule has 104 valence electrons. The third-order valence-electron chi connectivity index (χ3n) is 2.67. The minimum absolute atomic E-state index is 0.0411. The predicted octanol–water partition coefficient (Wildman–Crippen LogP) is 1.21. The Morgan fingerprint density at radius 2 is 2.05 bits per heavy atom. The van der Waals surface area contributed by atoms with Crippen LogP contribution in [-0.2, 0) is 4.79 Å². The Hall–Kier alpha value is -2.24. The minimum Gasteiger partial charge on any atom is -0.478 e. The maximum Gasteiger partial charge on any atom is 0.337 e. The number of nitrogens with two attached hydrogens (primary N) is 1. The van der Waals surface area contributed by atoms with Gasteiger partial charge in [-0.05, 0) is 31.5 Å². The lowest BCUT2D eigenvalue weighted by molar-refractivity contribution is -0.120. The Morgan fingerprint density at radius 3 is 2.63 bits per heavy atom. The third kappa shape index (κ3) is 4.17. The number of aromatic carboxylic acids is 1. The van der Waals surface area contributed by atoms with Gasteiger partial charge in [0.1, 0.15) is 0 Å². The molecule has 19 heavy (non-hydrogen) atoms. The number of nitrogen functional groups attached to an aromatic ring is 1. The zero-order valence-electron chi connectivity index (χ0n) is 11.1. The van der Waals surface area contributed by atoms with E-state index in [9.17, 15) is 9.59 Å². The van der Waals surface area contributed by atoms with Crippen LogP contribution in [0, 0.1) is 6.92 Å². The monoisotopic (exact) mass is 265 g/mol. The van der Waals surface area contributed by atoms with Crippen LogP contribution in [0.25, 0.3) is 0 Å². The van der Waals surface area contributed by atoms with E-state index in [0.29, 0.717) is 30.8 Å². The number of amides is 1. The molecule has 1 rings (SSSR count). The van der Waals surface area contributed by atoms with Gasteiger partial charge in [0.2, 0.25) is 5.91 Å². The van der Waals surface area contributed by atoms with Crippen molar-refractivity contribution >= 4 is 23.3 Å². The summed E-state index contributed by atoms with van der Waals surface area (Å²) in [6.07, 6.45) is 0.333. The first-order valence-corrected chi connectivity index (χ1v) is 6.09. The van der Waals surface area contributed by atoms with E-state index in [1.54, 1.807) is 13.0 Å². The van der Waals surface area contributed by atoms with Crippen LogP contribution in [0.3, 0.4) is 0 Å². The number of carbonyl (C=O) groups is 2. The van der Waals surface area contributed by atoms with Crippen LogP contribution in [0.5, 0.6) is 0 Å². The van der Waals surface area contributed by atoms with E-state index in [1.165, 1.54) is 6.07 Å². The molecule has 0 heterocycles. The summed E-state index contributed by atoms with van der Waals surface area (Å²) in [7, 11) is 0. The van der Waals surface area contributed by atoms with Crippen molar-refractivity contribution in [3.63, 3.8) is 0 Å². The number of carbonyl (C=O) groups excluding carboxylic acids is 1. The van der Waals surface area contributed by atoms with E-state index in [4.69, 9.17) is 10.8 Å². The van der Waals surface area contributed by atoms with E-state index in [-0.39, 0.29) is 17.2 Å². The number of anilines is 2. The van der Waals surface area contributed by atoms with Crippen LogP contribution in [0.15, 0.2) is 12.1 Å². The van der Waals surface area contributed by atoms with Crippen LogP contribution in [0.4, 0.5) is 11.4 Å². The number of rotatable bonds is 6. The first-order chi connectivity index (χ1) is 8.95. The lowest BCUT2D eigenvalue weighted by Crippen LogP contribution is -2.24. The molecule has 1 aromatic rings. The summed E-state index contributed by atoms with van der Waals surface area (Å²) in [6, 6.07) is 3.24. The molecule has 0 aliphatic carbocycles. The smallest absolute Gasteiger partial charge is 0.337 e. The molecule has 0 radical (unpaired) electrons. The first kappa shape index (κ1) is 14.8. The zero-order chi connectivity index (χ0) is 14.4. The van der Waals surface area contributed by atoms with E-state index >= 15 is 0 Å². The number of hydrogen-bond acceptors (Lipinski definition) is 4. The molecule has 0 saturated heterocycles. The standard InChI is InChI=1S/C13H19N3O3/c1-3-15-11(17)4-5-16-9-6-8(2)12(14)10(7-9)13(18)19/h6-7,16H,3-5,14H2,1-2H3,(H,15,17)(H,18,19). The van der Waals surface area contributed by atoms with Crippen LogP contribution >= 0.6 is 0 Å². The van der Waals surface area contributed by atoms with E-state index in [1.807, 2.05) is 6.92 Å². The highest BCUT2D eigenvalue weighted by atomic mass is 16.4. The molecule has 6 nitrogen and oxygen atoms in total. The van der Waals surface area contributed by atoms with Gasteiger partial charge in [0.05, 0.1) is 5.56 Å². The molecule has 0 unspecified atom stereocenters. The van der Waals surface area contributed by atoms with Gasteiger partial charge in [0, 0.05) is 30.9 Å². The third-order valence-corrected chi connectivity index (χ3v) is 2.67. The predicted molar refractivity (Wildman–Crippen MR) is 74.3 cm³/mol. The average molecular weight is 265 g/mol. The van der Waals surface area contributed by atoms with E-state index in [2.05, 4.69) is 10.6 Å². The summed E-state index contributed by atoms with van der Waals surface area (Å²) in [4.78, 5) is 22.3. The zero-order valence-corrected chi connectivity index (χ0v) is 11.1. The molecule has 0 atom stereocenters. The molecule has 1 amide bonds. The maximum absolute atomic E-state index is 11.3. The van der Waals surface area contributed by atoms with Crippen molar-refractivity contribution in [1.82, 2.24) is 5.32 Å². The van der Waals surface area contributed by atoms with Gasteiger partial charge < -0.3 is 21.5 Å². The number of benzene rings is 1. The average Bonchev–Trinajstić information content (AvgIpc) is 2.33. The van der Waals surface area contributed by atoms with Crippen LogP contribution in [-0.4, -0.2) is 30.1 Å². The van der Waals surface area contributed by atoms with Crippen molar-refractivity contribution in [2.45, 2.75) is 20.3 Å². The number of hydrogen-bond donors (Lipinski definition) is 4. The van der Waals surface area contributed by atoms with Crippen molar-refractivity contribution < 1.29 is 14.7 Å². The van der Waals surface area contributed by atoms with Crippen molar-refractivity contribution in [1.29, 1.82) is 0 Å². The molecule has 5 N–H and O–H groups in total. The SMILES string of the molecule is CCNC(=O)CCNc1cc(C)c(N)c(C(=O)O)c1. The molecule has 0 aromatic heterocycles. The summed E-state index contributed by atoms with van der Waals surface area (Å²) >= 11 is 0. The number of nitrogens with one attached hydrogen (secondary N) is 2. The van der Waals surface area contributed by atoms with Gasteiger partial charge in [0.15, 0.2) is 0 Å². The van der Waals surface area contributed by atoms with Gasteiger partial charge in [-0.25, -0.2) is 4.79 Å². The van der Waals surface area contributed by atoms with Gasteiger partial charge in [-0.2, -0.15) is 0 Å². The van der Waals surface area contributed by atoms with E-state index in [0.717, 1.165) is 0 Å². The fraction of sp³-hybridized carbons (Fsp3) is 0.385. The van der Waals surface area contributed by atoms with Gasteiger partial charge >= 0.3 is 5.97 Å². The second kappa shape index (κ2) is 6.63. The van der Waals surface area contributed by atoms with Gasteiger partial charge in [-0.15, -0.1) is 0 Å². The lowest BCUT2D eigenvalue weighted by Gasteiger charge is -2.11. The number of carboxylic acids is 1. The fourth-order valence-corrected chi connectivity index (χ4v) is 1.68. The molecule has 0 aliphatic rings. The van der Waals surface area contributed by atoms with Crippen molar-refractivity contribution in [2.75, 3.05) is 24.1 Å². The van der Waals surface area contributed by atoms with Crippen LogP contribution in [0.1, 0.15) is 29.3 Å². The quantitative estimate of drug-likeness (QED) is 0.579. The fourth-order valence-electron chi connectivity index (χ4n) is 1.68. The normalized spacial score (nSPS) is 10.0. The molecule has 0 bridgehead atoms. The summed E-state index contributed by atoms with van der Waals surface area (Å²) in [5.41, 5.74) is 7.37. The molecule has 1 aromatic carbocycles. The highest BCUT2D eigenvalue weighted by molar-refractivity contribution is 5.95. The molecule has 0 saturated carbocycles. The highest BCUT2D eigenvalue weighted by Gasteiger charge is 2.11. The molecule has 6 heteroatoms. The van der Waals surface area contributed by atoms with Gasteiger partial charge in [-0.1, -0.05) is 0 Å². The molecular weight excluding hydrogens is 246 g/mol. The Kier molecular flexibility index (Phi) is 5.17. The van der Waals surface area contributed by atoms with Crippen molar-refractivity contribution in [3.05, 3.63) is 23.3 Å². The van der Waals surface area contributed by atoms with E-state index < -0.39 is 5.97 Å². The second-order valence-electron chi connectivity index (χ2n) is 4.19. The minimum atomic E-state index is -1.06. The van der Waals surface area contributed by atoms with Gasteiger partial charge in [0.25, 0.3) is 0 Å². The Morgan fingerprint density at radius 1 is 1.37 bits per heavy atom. The summed E-state index contributed by atoms with van der Waals surface area (Å²) < 4.78 is 0. The Balaban J connectivity index is 2.69.